The Balaban J connectivity index is 1.87. The predicted octanol–water partition coefficient (Wildman–Crippen LogP) is 4.21. The standard InChI is InChI=1S/C28H22BFN2O2/c30-25-18-16-21(17-19-25)27-26(29(33)34)20-32(31-27)28(22-10-4-1-5-11-22,23-12-6-2-7-13-23)24-14-8-3-9-15-24/h1-20,33-34H. The molecule has 1 heterocycles. The molecule has 4 aromatic carbocycles. The minimum absolute atomic E-state index is 0.235. The van der Waals surface area contributed by atoms with Crippen molar-refractivity contribution in [2.24, 2.45) is 0 Å². The Kier molecular flexibility index (Phi) is 5.84. The van der Waals surface area contributed by atoms with Crippen molar-refractivity contribution in [3.05, 3.63) is 144 Å². The van der Waals surface area contributed by atoms with Crippen LogP contribution >= 0.6 is 0 Å². The van der Waals surface area contributed by atoms with Gasteiger partial charge in [-0.25, -0.2) is 4.39 Å². The van der Waals surface area contributed by atoms with Crippen molar-refractivity contribution in [1.82, 2.24) is 9.78 Å². The third-order valence-corrected chi connectivity index (χ3v) is 6.06. The van der Waals surface area contributed by atoms with Crippen LogP contribution < -0.4 is 5.46 Å². The molecule has 1 aromatic heterocycles. The fraction of sp³-hybridized carbons (Fsp3) is 0.0357. The zero-order valence-corrected chi connectivity index (χ0v) is 18.3. The molecular formula is C28H22BFN2O2. The Morgan fingerprint density at radius 3 is 1.50 bits per heavy atom. The molecule has 0 saturated carbocycles. The second-order valence-electron chi connectivity index (χ2n) is 8.07. The van der Waals surface area contributed by atoms with Gasteiger partial charge in [-0.3, -0.25) is 4.68 Å². The molecule has 0 aliphatic carbocycles. The van der Waals surface area contributed by atoms with E-state index >= 15 is 0 Å². The van der Waals surface area contributed by atoms with E-state index in [2.05, 4.69) is 0 Å². The lowest BCUT2D eigenvalue weighted by Gasteiger charge is -2.36. The largest absolute Gasteiger partial charge is 0.492 e. The molecule has 0 atom stereocenters. The molecule has 0 fully saturated rings. The molecule has 6 heteroatoms. The summed E-state index contributed by atoms with van der Waals surface area (Å²) < 4.78 is 15.4. The molecular weight excluding hydrogens is 426 g/mol. The van der Waals surface area contributed by atoms with Gasteiger partial charge in [0.1, 0.15) is 11.4 Å². The van der Waals surface area contributed by atoms with Gasteiger partial charge in [-0.1, -0.05) is 91.0 Å². The second-order valence-corrected chi connectivity index (χ2v) is 8.07. The molecule has 166 valence electrons. The molecule has 2 N–H and O–H groups in total. The van der Waals surface area contributed by atoms with Crippen molar-refractivity contribution in [2.45, 2.75) is 5.54 Å². The Bertz CT molecular complexity index is 1280. The van der Waals surface area contributed by atoms with E-state index in [0.717, 1.165) is 16.7 Å². The second kappa shape index (κ2) is 9.10. The summed E-state index contributed by atoms with van der Waals surface area (Å²) in [6.45, 7) is 0. The summed E-state index contributed by atoms with van der Waals surface area (Å²) in [6.07, 6.45) is 1.66. The van der Waals surface area contributed by atoms with Gasteiger partial charge in [0.05, 0.1) is 5.69 Å². The molecule has 4 nitrogen and oxygen atoms in total. The first-order chi connectivity index (χ1) is 16.6. The van der Waals surface area contributed by atoms with Crippen LogP contribution in [-0.2, 0) is 5.54 Å². The highest BCUT2D eigenvalue weighted by atomic mass is 19.1. The minimum atomic E-state index is -1.76. The van der Waals surface area contributed by atoms with E-state index in [1.54, 1.807) is 23.0 Å². The van der Waals surface area contributed by atoms with Crippen LogP contribution in [-0.4, -0.2) is 26.9 Å². The average Bonchev–Trinajstić information content (AvgIpc) is 3.33. The number of aromatic nitrogens is 2. The zero-order chi connectivity index (χ0) is 23.5. The lowest BCUT2D eigenvalue weighted by atomic mass is 9.76. The van der Waals surface area contributed by atoms with Gasteiger partial charge in [0.2, 0.25) is 0 Å². The monoisotopic (exact) mass is 448 g/mol. The van der Waals surface area contributed by atoms with Gasteiger partial charge in [-0.2, -0.15) is 5.10 Å². The highest BCUT2D eigenvalue weighted by molar-refractivity contribution is 6.60. The maximum Gasteiger partial charge on any atom is 0.492 e. The first kappa shape index (κ1) is 21.8. The number of benzene rings is 4. The molecule has 5 aromatic rings. The smallest absolute Gasteiger partial charge is 0.423 e. The number of nitrogens with zero attached hydrogens (tertiary/aromatic N) is 2. The number of rotatable bonds is 6. The van der Waals surface area contributed by atoms with Crippen LogP contribution in [0.1, 0.15) is 16.7 Å². The maximum absolute atomic E-state index is 13.6. The van der Waals surface area contributed by atoms with E-state index in [1.807, 2.05) is 91.0 Å². The van der Waals surface area contributed by atoms with Crippen molar-refractivity contribution < 1.29 is 14.4 Å². The van der Waals surface area contributed by atoms with Gasteiger partial charge in [0, 0.05) is 17.2 Å². The summed E-state index contributed by atoms with van der Waals surface area (Å²) in [7, 11) is -1.76. The third kappa shape index (κ3) is 3.73. The normalized spacial score (nSPS) is 11.4. The highest BCUT2D eigenvalue weighted by Gasteiger charge is 2.40. The minimum Gasteiger partial charge on any atom is -0.423 e. The van der Waals surface area contributed by atoms with E-state index in [9.17, 15) is 14.4 Å². The van der Waals surface area contributed by atoms with E-state index in [1.165, 1.54) is 12.1 Å². The fourth-order valence-corrected chi connectivity index (χ4v) is 4.52. The quantitative estimate of drug-likeness (QED) is 0.302. The molecule has 0 bridgehead atoms. The maximum atomic E-state index is 13.6. The van der Waals surface area contributed by atoms with Crippen LogP contribution in [0.15, 0.2) is 121 Å². The van der Waals surface area contributed by atoms with Crippen molar-refractivity contribution in [1.29, 1.82) is 0 Å². The van der Waals surface area contributed by atoms with Gasteiger partial charge in [-0.15, -0.1) is 0 Å². The molecule has 34 heavy (non-hydrogen) atoms. The predicted molar refractivity (Wildman–Crippen MR) is 132 cm³/mol. The van der Waals surface area contributed by atoms with Gasteiger partial charge in [-0.05, 0) is 41.0 Å². The summed E-state index contributed by atoms with van der Waals surface area (Å²) in [4.78, 5) is 0. The Labute approximate surface area is 197 Å². The van der Waals surface area contributed by atoms with E-state index in [0.29, 0.717) is 11.3 Å². The van der Waals surface area contributed by atoms with Crippen LogP contribution in [0.3, 0.4) is 0 Å². The molecule has 0 saturated heterocycles. The fourth-order valence-electron chi connectivity index (χ4n) is 4.52. The molecule has 0 spiro atoms. The molecule has 0 unspecified atom stereocenters. The van der Waals surface area contributed by atoms with Crippen LogP contribution in [0.4, 0.5) is 4.39 Å². The van der Waals surface area contributed by atoms with Crippen LogP contribution in [0, 0.1) is 5.82 Å². The number of hydrogen-bond acceptors (Lipinski definition) is 3. The molecule has 0 amide bonds. The van der Waals surface area contributed by atoms with E-state index in [4.69, 9.17) is 5.10 Å². The summed E-state index contributed by atoms with van der Waals surface area (Å²) in [5, 5.41) is 25.4. The van der Waals surface area contributed by atoms with Gasteiger partial charge in [0.25, 0.3) is 0 Å². The van der Waals surface area contributed by atoms with Crippen molar-refractivity contribution in [2.75, 3.05) is 0 Å². The van der Waals surface area contributed by atoms with Gasteiger partial charge in [0.15, 0.2) is 0 Å². The van der Waals surface area contributed by atoms with Crippen LogP contribution in [0.2, 0.25) is 0 Å². The van der Waals surface area contributed by atoms with Crippen molar-refractivity contribution in [3.8, 4) is 11.3 Å². The lowest BCUT2D eigenvalue weighted by molar-refractivity contribution is 0.425. The Morgan fingerprint density at radius 2 is 1.09 bits per heavy atom. The zero-order valence-electron chi connectivity index (χ0n) is 18.3. The molecule has 0 aliphatic heterocycles. The third-order valence-electron chi connectivity index (χ3n) is 6.06. The van der Waals surface area contributed by atoms with Crippen molar-refractivity contribution >= 4 is 12.6 Å². The van der Waals surface area contributed by atoms with Gasteiger partial charge < -0.3 is 10.0 Å². The number of halogens is 1. The van der Waals surface area contributed by atoms with Crippen LogP contribution in [0.5, 0.6) is 0 Å². The van der Waals surface area contributed by atoms with Crippen molar-refractivity contribution in [3.63, 3.8) is 0 Å². The van der Waals surface area contributed by atoms with E-state index in [-0.39, 0.29) is 11.3 Å². The molecule has 0 aliphatic rings. The summed E-state index contributed by atoms with van der Waals surface area (Å²) in [5.41, 5.74) is 3.18. The topological polar surface area (TPSA) is 58.3 Å². The SMILES string of the molecule is OB(O)c1cn(C(c2ccccc2)(c2ccccc2)c2ccccc2)nc1-c1ccc(F)cc1. The van der Waals surface area contributed by atoms with E-state index < -0.39 is 12.7 Å². The number of hydrogen-bond donors (Lipinski definition) is 2. The Morgan fingerprint density at radius 1 is 0.647 bits per heavy atom. The average molecular weight is 448 g/mol. The summed E-state index contributed by atoms with van der Waals surface area (Å²) in [6, 6.07) is 35.8. The highest BCUT2D eigenvalue weighted by Crippen LogP contribution is 2.40. The molecule has 0 radical (unpaired) electrons. The first-order valence-corrected chi connectivity index (χ1v) is 11.0. The summed E-state index contributed by atoms with van der Waals surface area (Å²) in [5.74, 6) is -0.374. The lowest BCUT2D eigenvalue weighted by Crippen LogP contribution is -2.39. The van der Waals surface area contributed by atoms with Gasteiger partial charge >= 0.3 is 7.12 Å². The first-order valence-electron chi connectivity index (χ1n) is 11.0. The summed E-state index contributed by atoms with van der Waals surface area (Å²) >= 11 is 0. The van der Waals surface area contributed by atoms with Crippen LogP contribution in [0.25, 0.3) is 11.3 Å². The Hall–Kier alpha value is -4.00. The molecule has 5 rings (SSSR count).